The lowest BCUT2D eigenvalue weighted by Crippen LogP contribution is -2.41. The summed E-state index contributed by atoms with van der Waals surface area (Å²) in [5.41, 5.74) is 0.669. The molecule has 0 aromatic heterocycles. The van der Waals surface area contributed by atoms with Crippen LogP contribution in [0, 0.1) is 0 Å². The van der Waals surface area contributed by atoms with Crippen LogP contribution in [0.2, 0.25) is 0 Å². The molecule has 0 aliphatic rings. The molecular weight excluding hydrogens is 420 g/mol. The first-order valence-electron chi connectivity index (χ1n) is 10.00. The van der Waals surface area contributed by atoms with Crippen molar-refractivity contribution in [3.05, 3.63) is 54.1 Å². The average Bonchev–Trinajstić information content (AvgIpc) is 2.73. The van der Waals surface area contributed by atoms with Gasteiger partial charge in [-0.2, -0.15) is 0 Å². The largest absolute Gasteiger partial charge is 0.494 e. The van der Waals surface area contributed by atoms with Crippen molar-refractivity contribution in [3.8, 4) is 5.75 Å². The number of nitrogens with zero attached hydrogens (tertiary/aromatic N) is 1. The number of carbonyl (C=O) groups excluding carboxylic acids is 2. The fraction of sp³-hybridized carbons (Fsp3) is 0.364. The van der Waals surface area contributed by atoms with Gasteiger partial charge in [0.15, 0.2) is 0 Å². The fourth-order valence-corrected chi connectivity index (χ4v) is 3.84. The zero-order valence-corrected chi connectivity index (χ0v) is 18.9. The molecule has 0 fully saturated rings. The van der Waals surface area contributed by atoms with Crippen LogP contribution in [0.3, 0.4) is 0 Å². The van der Waals surface area contributed by atoms with Crippen molar-refractivity contribution in [2.24, 2.45) is 0 Å². The smallest absolute Gasteiger partial charge is 0.325 e. The Balaban J connectivity index is 2.14. The Labute approximate surface area is 183 Å². The molecule has 0 bridgehead atoms. The van der Waals surface area contributed by atoms with Crippen molar-refractivity contribution in [3.63, 3.8) is 0 Å². The Morgan fingerprint density at radius 2 is 1.58 bits per heavy atom. The van der Waals surface area contributed by atoms with Crippen molar-refractivity contribution in [2.75, 3.05) is 24.5 Å². The molecule has 0 aliphatic carbocycles. The molecule has 168 valence electrons. The number of carbonyl (C=O) groups is 2. The standard InChI is InChI=1S/C22H28N2O6S/c1-5-29-19-11-9-18(10-12-19)23-31(27,28)20-13-7-17(8-14-20)22(26)24(16(3)4)15-21(25)30-6-2/h7-14,16,23H,5-6,15H2,1-4H3. The molecule has 9 heteroatoms. The second-order valence-electron chi connectivity index (χ2n) is 6.92. The molecule has 31 heavy (non-hydrogen) atoms. The molecule has 1 amide bonds. The maximum atomic E-state index is 12.8. The summed E-state index contributed by atoms with van der Waals surface area (Å²) in [5, 5.41) is 0. The van der Waals surface area contributed by atoms with E-state index in [2.05, 4.69) is 4.72 Å². The summed E-state index contributed by atoms with van der Waals surface area (Å²) in [6, 6.07) is 11.9. The van der Waals surface area contributed by atoms with E-state index in [0.717, 1.165) is 0 Å². The topological polar surface area (TPSA) is 102 Å². The molecule has 0 heterocycles. The third kappa shape index (κ3) is 6.71. The molecule has 0 saturated heterocycles. The van der Waals surface area contributed by atoms with E-state index in [4.69, 9.17) is 9.47 Å². The van der Waals surface area contributed by atoms with Crippen molar-refractivity contribution in [2.45, 2.75) is 38.6 Å². The van der Waals surface area contributed by atoms with E-state index in [1.807, 2.05) is 6.92 Å². The number of anilines is 1. The number of hydrogen-bond donors (Lipinski definition) is 1. The molecule has 0 radical (unpaired) electrons. The normalized spacial score (nSPS) is 11.1. The van der Waals surface area contributed by atoms with Gasteiger partial charge in [0, 0.05) is 17.3 Å². The highest BCUT2D eigenvalue weighted by atomic mass is 32.2. The van der Waals surface area contributed by atoms with Gasteiger partial charge in [-0.15, -0.1) is 0 Å². The van der Waals surface area contributed by atoms with Crippen molar-refractivity contribution >= 4 is 27.6 Å². The SMILES string of the molecule is CCOC(=O)CN(C(=O)c1ccc(S(=O)(=O)Nc2ccc(OCC)cc2)cc1)C(C)C. The molecule has 0 spiro atoms. The first-order chi connectivity index (χ1) is 14.7. The molecule has 0 aliphatic heterocycles. The van der Waals surface area contributed by atoms with E-state index in [1.165, 1.54) is 29.2 Å². The predicted octanol–water partition coefficient (Wildman–Crippen LogP) is 3.30. The van der Waals surface area contributed by atoms with E-state index >= 15 is 0 Å². The van der Waals surface area contributed by atoms with Gasteiger partial charge in [-0.05, 0) is 76.2 Å². The van der Waals surface area contributed by atoms with E-state index in [1.54, 1.807) is 45.0 Å². The minimum absolute atomic E-state index is 0.0134. The number of benzene rings is 2. The number of hydrogen-bond acceptors (Lipinski definition) is 6. The summed E-state index contributed by atoms with van der Waals surface area (Å²) in [4.78, 5) is 26.0. The van der Waals surface area contributed by atoms with Crippen LogP contribution in [0.1, 0.15) is 38.1 Å². The van der Waals surface area contributed by atoms with Crippen LogP contribution in [0.4, 0.5) is 5.69 Å². The fourth-order valence-electron chi connectivity index (χ4n) is 2.78. The van der Waals surface area contributed by atoms with Gasteiger partial charge in [0.1, 0.15) is 12.3 Å². The van der Waals surface area contributed by atoms with Gasteiger partial charge in [0.05, 0.1) is 18.1 Å². The van der Waals surface area contributed by atoms with Crippen molar-refractivity contribution < 1.29 is 27.5 Å². The number of sulfonamides is 1. The van der Waals surface area contributed by atoms with Crippen LogP contribution in [-0.4, -0.2) is 51.0 Å². The highest BCUT2D eigenvalue weighted by Crippen LogP contribution is 2.20. The Bertz CT molecular complexity index is 986. The molecule has 2 aromatic rings. The minimum Gasteiger partial charge on any atom is -0.494 e. The van der Waals surface area contributed by atoms with Gasteiger partial charge in [0.2, 0.25) is 0 Å². The zero-order valence-electron chi connectivity index (χ0n) is 18.1. The third-order valence-electron chi connectivity index (χ3n) is 4.32. The molecule has 1 N–H and O–H groups in total. The van der Waals surface area contributed by atoms with Crippen LogP contribution >= 0.6 is 0 Å². The molecule has 0 unspecified atom stereocenters. The second-order valence-corrected chi connectivity index (χ2v) is 8.60. The van der Waals surface area contributed by atoms with Gasteiger partial charge in [-0.1, -0.05) is 0 Å². The number of nitrogens with one attached hydrogen (secondary N) is 1. The quantitative estimate of drug-likeness (QED) is 0.560. The van der Waals surface area contributed by atoms with Gasteiger partial charge in [-0.3, -0.25) is 14.3 Å². The maximum absolute atomic E-state index is 12.8. The van der Waals surface area contributed by atoms with Crippen LogP contribution in [-0.2, 0) is 19.6 Å². The molecular formula is C22H28N2O6S. The van der Waals surface area contributed by atoms with E-state index < -0.39 is 16.0 Å². The molecule has 8 nitrogen and oxygen atoms in total. The van der Waals surface area contributed by atoms with Gasteiger partial charge >= 0.3 is 5.97 Å². The summed E-state index contributed by atoms with van der Waals surface area (Å²) < 4.78 is 38.1. The number of esters is 1. The number of amides is 1. The molecule has 2 aromatic carbocycles. The number of rotatable bonds is 10. The maximum Gasteiger partial charge on any atom is 0.325 e. The highest BCUT2D eigenvalue weighted by molar-refractivity contribution is 7.92. The third-order valence-corrected chi connectivity index (χ3v) is 5.72. The van der Waals surface area contributed by atoms with Crippen LogP contribution in [0.15, 0.2) is 53.4 Å². The van der Waals surface area contributed by atoms with Gasteiger partial charge in [0.25, 0.3) is 15.9 Å². The number of ether oxygens (including phenoxy) is 2. The summed E-state index contributed by atoms with van der Waals surface area (Å²) in [5.74, 6) is -0.236. The van der Waals surface area contributed by atoms with Crippen LogP contribution in [0.5, 0.6) is 5.75 Å². The molecule has 2 rings (SSSR count). The van der Waals surface area contributed by atoms with Gasteiger partial charge in [-0.25, -0.2) is 8.42 Å². The Hall–Kier alpha value is -3.07. The molecule has 0 saturated carbocycles. The van der Waals surface area contributed by atoms with E-state index in [0.29, 0.717) is 18.0 Å². The first kappa shape index (κ1) is 24.2. The van der Waals surface area contributed by atoms with Crippen LogP contribution < -0.4 is 9.46 Å². The second kappa shape index (κ2) is 10.8. The average molecular weight is 449 g/mol. The predicted molar refractivity (Wildman–Crippen MR) is 118 cm³/mol. The van der Waals surface area contributed by atoms with Crippen molar-refractivity contribution in [1.29, 1.82) is 0 Å². The summed E-state index contributed by atoms with van der Waals surface area (Å²) in [6.07, 6.45) is 0. The van der Waals surface area contributed by atoms with Crippen molar-refractivity contribution in [1.82, 2.24) is 4.90 Å². The summed E-state index contributed by atoms with van der Waals surface area (Å²) in [7, 11) is -3.83. The Morgan fingerprint density at radius 3 is 2.10 bits per heavy atom. The Morgan fingerprint density at radius 1 is 0.968 bits per heavy atom. The highest BCUT2D eigenvalue weighted by Gasteiger charge is 2.23. The van der Waals surface area contributed by atoms with E-state index in [-0.39, 0.29) is 35.6 Å². The Kier molecular flexibility index (Phi) is 8.44. The lowest BCUT2D eigenvalue weighted by Gasteiger charge is -2.25. The molecule has 0 atom stereocenters. The lowest BCUT2D eigenvalue weighted by atomic mass is 10.1. The minimum atomic E-state index is -3.83. The van der Waals surface area contributed by atoms with Crippen LogP contribution in [0.25, 0.3) is 0 Å². The summed E-state index contributed by atoms with van der Waals surface area (Å²) >= 11 is 0. The zero-order chi connectivity index (χ0) is 23.0. The first-order valence-corrected chi connectivity index (χ1v) is 11.5. The lowest BCUT2D eigenvalue weighted by molar-refractivity contribution is -0.144. The van der Waals surface area contributed by atoms with Gasteiger partial charge < -0.3 is 14.4 Å². The van der Waals surface area contributed by atoms with E-state index in [9.17, 15) is 18.0 Å². The summed E-state index contributed by atoms with van der Waals surface area (Å²) in [6.45, 7) is 7.70. The monoisotopic (exact) mass is 448 g/mol.